The fraction of sp³-hybridized carbons (Fsp3) is 0.333. The molecule has 1 fully saturated rings. The van der Waals surface area contributed by atoms with Crippen LogP contribution in [0.1, 0.15) is 30.3 Å². The number of nitrogens with one attached hydrogen (secondary N) is 1. The quantitative estimate of drug-likeness (QED) is 0.584. The van der Waals surface area contributed by atoms with Crippen LogP contribution in [0.3, 0.4) is 0 Å². The number of aliphatic hydroxyl groups is 1. The molecule has 1 aliphatic rings. The van der Waals surface area contributed by atoms with Crippen LogP contribution in [0.25, 0.3) is 5.69 Å². The molecule has 3 aromatic rings. The van der Waals surface area contributed by atoms with Gasteiger partial charge in [0.15, 0.2) is 0 Å². The van der Waals surface area contributed by atoms with Crippen LogP contribution in [0.5, 0.6) is 0 Å². The molecule has 0 radical (unpaired) electrons. The Morgan fingerprint density at radius 1 is 1.31 bits per heavy atom. The van der Waals surface area contributed by atoms with Crippen molar-refractivity contribution in [3.63, 3.8) is 0 Å². The number of hydrogen-bond donors (Lipinski definition) is 2. The molecule has 1 saturated heterocycles. The average molecular weight is 397 g/mol. The lowest BCUT2D eigenvalue weighted by molar-refractivity contribution is -0.132. The largest absolute Gasteiger partial charge is 0.390 e. The number of likely N-dealkylation sites (tertiary alicyclic amines) is 1. The SMILES string of the molecule is O=C(Cn1ccc(=O)[nH]c1=O)N1CCCC1c1cn(-c2ccnc(CO)c2)nn1. The van der Waals surface area contributed by atoms with Crippen molar-refractivity contribution in [3.8, 4) is 5.69 Å². The molecule has 11 nitrogen and oxygen atoms in total. The molecule has 150 valence electrons. The van der Waals surface area contributed by atoms with Gasteiger partial charge >= 0.3 is 5.69 Å². The summed E-state index contributed by atoms with van der Waals surface area (Å²) in [6.07, 6.45) is 6.19. The zero-order valence-corrected chi connectivity index (χ0v) is 15.4. The molecular formula is C18H19N7O4. The van der Waals surface area contributed by atoms with Crippen LogP contribution in [-0.2, 0) is 17.9 Å². The van der Waals surface area contributed by atoms with Gasteiger partial charge in [-0.15, -0.1) is 5.10 Å². The molecule has 0 bridgehead atoms. The minimum Gasteiger partial charge on any atom is -0.390 e. The summed E-state index contributed by atoms with van der Waals surface area (Å²) in [5.74, 6) is -0.234. The molecule has 4 heterocycles. The van der Waals surface area contributed by atoms with Gasteiger partial charge in [0.1, 0.15) is 12.2 Å². The number of hydrogen-bond acceptors (Lipinski definition) is 7. The topological polar surface area (TPSA) is 139 Å². The van der Waals surface area contributed by atoms with Gasteiger partial charge in [-0.3, -0.25) is 24.1 Å². The first kappa shape index (κ1) is 18.7. The van der Waals surface area contributed by atoms with Gasteiger partial charge < -0.3 is 10.0 Å². The van der Waals surface area contributed by atoms with Crippen molar-refractivity contribution in [2.45, 2.75) is 32.0 Å². The molecule has 29 heavy (non-hydrogen) atoms. The second-order valence-electron chi connectivity index (χ2n) is 6.73. The third-order valence-corrected chi connectivity index (χ3v) is 4.85. The summed E-state index contributed by atoms with van der Waals surface area (Å²) in [6, 6.07) is 4.42. The lowest BCUT2D eigenvalue weighted by atomic mass is 10.1. The highest BCUT2D eigenvalue weighted by Gasteiger charge is 2.32. The first-order valence-electron chi connectivity index (χ1n) is 9.13. The molecule has 2 N–H and O–H groups in total. The number of aromatic amines is 1. The van der Waals surface area contributed by atoms with Crippen LogP contribution in [0.2, 0.25) is 0 Å². The normalized spacial score (nSPS) is 16.3. The summed E-state index contributed by atoms with van der Waals surface area (Å²) >= 11 is 0. The van der Waals surface area contributed by atoms with Crippen LogP contribution in [0.15, 0.2) is 46.4 Å². The predicted molar refractivity (Wildman–Crippen MR) is 100 cm³/mol. The maximum Gasteiger partial charge on any atom is 0.328 e. The Bertz CT molecular complexity index is 1150. The van der Waals surface area contributed by atoms with Crippen LogP contribution < -0.4 is 11.2 Å². The second kappa shape index (κ2) is 7.80. The Morgan fingerprint density at radius 2 is 2.17 bits per heavy atom. The van der Waals surface area contributed by atoms with E-state index in [0.29, 0.717) is 23.6 Å². The molecule has 0 spiro atoms. The third-order valence-electron chi connectivity index (χ3n) is 4.85. The fourth-order valence-corrected chi connectivity index (χ4v) is 3.43. The van der Waals surface area contributed by atoms with Gasteiger partial charge in [-0.05, 0) is 25.0 Å². The van der Waals surface area contributed by atoms with E-state index in [-0.39, 0.29) is 25.1 Å². The Balaban J connectivity index is 1.54. The lowest BCUT2D eigenvalue weighted by Crippen LogP contribution is -2.38. The van der Waals surface area contributed by atoms with Gasteiger partial charge in [-0.1, -0.05) is 5.21 Å². The Kier molecular flexibility index (Phi) is 5.04. The molecule has 1 aliphatic heterocycles. The van der Waals surface area contributed by atoms with E-state index in [1.165, 1.54) is 16.8 Å². The van der Waals surface area contributed by atoms with Crippen LogP contribution >= 0.6 is 0 Å². The third kappa shape index (κ3) is 3.85. The second-order valence-corrected chi connectivity index (χ2v) is 6.73. The molecule has 11 heteroatoms. The van der Waals surface area contributed by atoms with Gasteiger partial charge in [0.2, 0.25) is 5.91 Å². The summed E-state index contributed by atoms with van der Waals surface area (Å²) in [4.78, 5) is 43.7. The number of carbonyl (C=O) groups is 1. The van der Waals surface area contributed by atoms with Gasteiger partial charge in [0, 0.05) is 25.0 Å². The van der Waals surface area contributed by atoms with Crippen LogP contribution in [0.4, 0.5) is 0 Å². The number of pyridine rings is 1. The maximum absolute atomic E-state index is 12.8. The highest BCUT2D eigenvalue weighted by molar-refractivity contribution is 5.76. The van der Waals surface area contributed by atoms with E-state index in [1.807, 2.05) is 0 Å². The van der Waals surface area contributed by atoms with E-state index in [4.69, 9.17) is 0 Å². The van der Waals surface area contributed by atoms with Crippen LogP contribution in [0, 0.1) is 0 Å². The van der Waals surface area contributed by atoms with Gasteiger partial charge in [0.05, 0.1) is 30.2 Å². The zero-order valence-electron chi connectivity index (χ0n) is 15.4. The maximum atomic E-state index is 12.8. The Morgan fingerprint density at radius 3 is 2.97 bits per heavy atom. The number of H-pyrrole nitrogens is 1. The van der Waals surface area contributed by atoms with E-state index >= 15 is 0 Å². The molecule has 1 amide bonds. The van der Waals surface area contributed by atoms with E-state index in [1.54, 1.807) is 34.1 Å². The number of aromatic nitrogens is 6. The molecule has 4 rings (SSSR count). The highest BCUT2D eigenvalue weighted by Crippen LogP contribution is 2.31. The zero-order chi connectivity index (χ0) is 20.4. The van der Waals surface area contributed by atoms with Crippen molar-refractivity contribution < 1.29 is 9.90 Å². The number of carbonyl (C=O) groups excluding carboxylic acids is 1. The van der Waals surface area contributed by atoms with E-state index in [2.05, 4.69) is 20.3 Å². The summed E-state index contributed by atoms with van der Waals surface area (Å²) in [6.45, 7) is 0.216. The summed E-state index contributed by atoms with van der Waals surface area (Å²) in [7, 11) is 0. The number of amides is 1. The average Bonchev–Trinajstić information content (AvgIpc) is 3.39. The first-order valence-corrected chi connectivity index (χ1v) is 9.13. The number of nitrogens with zero attached hydrogens (tertiary/aromatic N) is 6. The summed E-state index contributed by atoms with van der Waals surface area (Å²) < 4.78 is 2.74. The summed E-state index contributed by atoms with van der Waals surface area (Å²) in [5.41, 5.74) is 0.744. The smallest absolute Gasteiger partial charge is 0.328 e. The van der Waals surface area contributed by atoms with Crippen molar-refractivity contribution >= 4 is 5.91 Å². The van der Waals surface area contributed by atoms with Crippen molar-refractivity contribution in [2.24, 2.45) is 0 Å². The van der Waals surface area contributed by atoms with E-state index in [0.717, 1.165) is 12.8 Å². The Hall–Kier alpha value is -3.60. The minimum atomic E-state index is -0.620. The molecular weight excluding hydrogens is 378 g/mol. The molecule has 0 aromatic carbocycles. The lowest BCUT2D eigenvalue weighted by Gasteiger charge is -2.23. The monoisotopic (exact) mass is 397 g/mol. The van der Waals surface area contributed by atoms with Crippen molar-refractivity contribution in [2.75, 3.05) is 6.54 Å². The molecule has 0 saturated carbocycles. The minimum absolute atomic E-state index is 0.162. The van der Waals surface area contributed by atoms with Gasteiger partial charge in [0.25, 0.3) is 5.56 Å². The van der Waals surface area contributed by atoms with E-state index < -0.39 is 11.2 Å². The standard InChI is InChI=1S/C18H19N7O4/c26-11-12-8-13(3-5-19-12)25-9-14(21-22-25)15-2-1-6-24(15)17(28)10-23-7-4-16(27)20-18(23)29/h3-5,7-9,15,26H,1-2,6,10-11H2,(H,20,27,29). The van der Waals surface area contributed by atoms with Gasteiger partial charge in [-0.25, -0.2) is 9.48 Å². The highest BCUT2D eigenvalue weighted by atomic mass is 16.3. The molecule has 1 unspecified atom stereocenters. The summed E-state index contributed by atoms with van der Waals surface area (Å²) in [5, 5.41) is 17.6. The number of aliphatic hydroxyl groups excluding tert-OH is 1. The van der Waals surface area contributed by atoms with Crippen LogP contribution in [-0.4, -0.2) is 52.0 Å². The molecule has 3 aromatic heterocycles. The van der Waals surface area contributed by atoms with E-state index in [9.17, 15) is 19.5 Å². The number of rotatable bonds is 5. The first-order chi connectivity index (χ1) is 14.0. The van der Waals surface area contributed by atoms with Crippen molar-refractivity contribution in [1.29, 1.82) is 0 Å². The molecule has 1 atom stereocenters. The fourth-order valence-electron chi connectivity index (χ4n) is 3.43. The predicted octanol–water partition coefficient (Wildman–Crippen LogP) is -0.632. The van der Waals surface area contributed by atoms with Crippen molar-refractivity contribution in [3.05, 3.63) is 69.0 Å². The van der Waals surface area contributed by atoms with Gasteiger partial charge in [-0.2, -0.15) is 0 Å². The van der Waals surface area contributed by atoms with Crippen molar-refractivity contribution in [1.82, 2.24) is 34.4 Å². The Labute approximate surface area is 164 Å². The molecule has 0 aliphatic carbocycles.